The highest BCUT2D eigenvalue weighted by molar-refractivity contribution is 4.98. The molecule has 4 heteroatoms. The maximum Gasteiger partial charge on any atom is 0.142 e. The van der Waals surface area contributed by atoms with Crippen molar-refractivity contribution in [3.63, 3.8) is 0 Å². The Morgan fingerprint density at radius 1 is 1.19 bits per heavy atom. The first-order chi connectivity index (χ1) is 10.1. The van der Waals surface area contributed by atoms with Crippen LogP contribution >= 0.6 is 0 Å². The molecule has 3 rings (SSSR count). The van der Waals surface area contributed by atoms with Crippen molar-refractivity contribution >= 4 is 0 Å². The molecule has 116 valence electrons. The summed E-state index contributed by atoms with van der Waals surface area (Å²) in [5.41, 5.74) is 0.171. The maximum atomic E-state index is 4.40. The lowest BCUT2D eigenvalue weighted by Crippen LogP contribution is -2.63. The monoisotopic (exact) mass is 288 g/mol. The van der Waals surface area contributed by atoms with Gasteiger partial charge < -0.3 is 5.32 Å². The van der Waals surface area contributed by atoms with E-state index in [9.17, 15) is 0 Å². The lowest BCUT2D eigenvalue weighted by atomic mass is 9.81. The average molecular weight is 288 g/mol. The smallest absolute Gasteiger partial charge is 0.142 e. The number of nitrogens with zero attached hydrogens (tertiary/aromatic N) is 3. The van der Waals surface area contributed by atoms with Gasteiger partial charge in [0.15, 0.2) is 0 Å². The van der Waals surface area contributed by atoms with E-state index in [0.29, 0.717) is 6.04 Å². The number of hydrogen-bond donors (Lipinski definition) is 1. The summed E-state index contributed by atoms with van der Waals surface area (Å²) in [7, 11) is 0. The molecule has 2 heterocycles. The number of nitrogens with one attached hydrogen (secondary N) is 1. The molecule has 1 saturated heterocycles. The van der Waals surface area contributed by atoms with Gasteiger partial charge in [-0.3, -0.25) is 4.90 Å². The lowest BCUT2D eigenvalue weighted by Gasteiger charge is -2.48. The molecule has 1 atom stereocenters. The summed E-state index contributed by atoms with van der Waals surface area (Å²) in [6.45, 7) is 7.68. The summed E-state index contributed by atoms with van der Waals surface area (Å²) in [4.78, 5) is 11.4. The van der Waals surface area contributed by atoms with Crippen molar-refractivity contribution in [1.82, 2.24) is 20.2 Å². The van der Waals surface area contributed by atoms with Crippen molar-refractivity contribution < 1.29 is 0 Å². The second-order valence-corrected chi connectivity index (χ2v) is 7.24. The van der Waals surface area contributed by atoms with E-state index < -0.39 is 0 Å². The first-order valence-electron chi connectivity index (χ1n) is 8.39. The van der Waals surface area contributed by atoms with E-state index in [0.717, 1.165) is 31.4 Å². The van der Waals surface area contributed by atoms with E-state index in [1.54, 1.807) is 0 Å². The fourth-order valence-corrected chi connectivity index (χ4v) is 3.75. The molecule has 21 heavy (non-hydrogen) atoms. The van der Waals surface area contributed by atoms with E-state index in [1.807, 2.05) is 18.5 Å². The fraction of sp³-hybridized carbons (Fsp3) is 0.765. The number of piperazine rings is 1. The van der Waals surface area contributed by atoms with Crippen molar-refractivity contribution in [2.45, 2.75) is 64.1 Å². The van der Waals surface area contributed by atoms with Gasteiger partial charge >= 0.3 is 0 Å². The van der Waals surface area contributed by atoms with Crippen LogP contribution in [0.2, 0.25) is 0 Å². The Hall–Kier alpha value is -1.00. The second kappa shape index (κ2) is 6.41. The molecule has 4 nitrogen and oxygen atoms in total. The van der Waals surface area contributed by atoms with Crippen molar-refractivity contribution in [1.29, 1.82) is 0 Å². The molecule has 1 aliphatic carbocycles. The third-order valence-corrected chi connectivity index (χ3v) is 5.24. The van der Waals surface area contributed by atoms with Crippen molar-refractivity contribution in [2.75, 3.05) is 13.1 Å². The number of hydrogen-bond acceptors (Lipinski definition) is 4. The molecule has 2 fully saturated rings. The summed E-state index contributed by atoms with van der Waals surface area (Å²) in [6.07, 6.45) is 10.7. The molecule has 0 spiro atoms. The van der Waals surface area contributed by atoms with Crippen LogP contribution in [0.25, 0.3) is 0 Å². The van der Waals surface area contributed by atoms with Crippen LogP contribution in [0.1, 0.15) is 51.8 Å². The molecule has 1 saturated carbocycles. The number of aromatic nitrogens is 2. The van der Waals surface area contributed by atoms with Crippen LogP contribution in [-0.4, -0.2) is 39.5 Å². The quantitative estimate of drug-likeness (QED) is 0.928. The van der Waals surface area contributed by atoms with Crippen LogP contribution in [0.5, 0.6) is 0 Å². The summed E-state index contributed by atoms with van der Waals surface area (Å²) in [5.74, 6) is 1.80. The molecule has 1 aromatic heterocycles. The average Bonchev–Trinajstić information content (AvgIpc) is 2.51. The zero-order chi connectivity index (χ0) is 14.7. The molecule has 1 aromatic rings. The van der Waals surface area contributed by atoms with Crippen LogP contribution in [0.3, 0.4) is 0 Å². The second-order valence-electron chi connectivity index (χ2n) is 7.24. The summed E-state index contributed by atoms with van der Waals surface area (Å²) >= 11 is 0. The molecule has 0 radical (unpaired) electrons. The third-order valence-electron chi connectivity index (χ3n) is 5.24. The molecule has 0 amide bonds. The molecule has 1 unspecified atom stereocenters. The highest BCUT2D eigenvalue weighted by atomic mass is 15.3. The minimum atomic E-state index is 0.171. The molecule has 0 bridgehead atoms. The predicted molar refractivity (Wildman–Crippen MR) is 84.9 cm³/mol. The minimum absolute atomic E-state index is 0.171. The standard InChI is InChI=1S/C17H28N4/c1-17(2)13-20-15(14-7-4-3-5-8-14)11-21(17)12-16-18-9-6-10-19-16/h6,9-10,14-15,20H,3-5,7-8,11-13H2,1-2H3. The topological polar surface area (TPSA) is 41.0 Å². The Morgan fingerprint density at radius 2 is 1.90 bits per heavy atom. The molecule has 1 N–H and O–H groups in total. The Morgan fingerprint density at radius 3 is 2.62 bits per heavy atom. The van der Waals surface area contributed by atoms with Crippen LogP contribution in [0, 0.1) is 5.92 Å². The van der Waals surface area contributed by atoms with Gasteiger partial charge in [-0.25, -0.2) is 9.97 Å². The van der Waals surface area contributed by atoms with Crippen molar-refractivity contribution in [2.24, 2.45) is 5.92 Å². The first kappa shape index (κ1) is 14.9. The van der Waals surface area contributed by atoms with E-state index >= 15 is 0 Å². The molecular formula is C17H28N4. The Bertz CT molecular complexity index is 439. The van der Waals surface area contributed by atoms with E-state index in [2.05, 4.69) is 34.0 Å². The third kappa shape index (κ3) is 3.61. The predicted octanol–water partition coefficient (Wildman–Crippen LogP) is 2.61. The zero-order valence-corrected chi connectivity index (χ0v) is 13.4. The van der Waals surface area contributed by atoms with Crippen LogP contribution in [0.4, 0.5) is 0 Å². The van der Waals surface area contributed by atoms with E-state index in [4.69, 9.17) is 0 Å². The van der Waals surface area contributed by atoms with Crippen molar-refractivity contribution in [3.8, 4) is 0 Å². The molecule has 1 aliphatic heterocycles. The van der Waals surface area contributed by atoms with Gasteiger partial charge in [0, 0.05) is 37.1 Å². The lowest BCUT2D eigenvalue weighted by molar-refractivity contribution is 0.0354. The van der Waals surface area contributed by atoms with E-state index in [1.165, 1.54) is 32.1 Å². The van der Waals surface area contributed by atoms with Crippen LogP contribution in [0.15, 0.2) is 18.5 Å². The van der Waals surface area contributed by atoms with Gasteiger partial charge in [0.1, 0.15) is 5.82 Å². The Labute approximate surface area is 128 Å². The van der Waals surface area contributed by atoms with Gasteiger partial charge in [0.05, 0.1) is 6.54 Å². The molecule has 2 aliphatic rings. The zero-order valence-electron chi connectivity index (χ0n) is 13.4. The van der Waals surface area contributed by atoms with Gasteiger partial charge in [0.25, 0.3) is 0 Å². The van der Waals surface area contributed by atoms with Gasteiger partial charge in [-0.1, -0.05) is 19.3 Å². The maximum absolute atomic E-state index is 4.40. The molecular weight excluding hydrogens is 260 g/mol. The molecule has 0 aromatic carbocycles. The number of rotatable bonds is 3. The normalized spacial score (nSPS) is 27.6. The summed E-state index contributed by atoms with van der Waals surface area (Å²) in [6, 6.07) is 2.53. The Balaban J connectivity index is 1.67. The fourth-order valence-electron chi connectivity index (χ4n) is 3.75. The van der Waals surface area contributed by atoms with Crippen molar-refractivity contribution in [3.05, 3.63) is 24.3 Å². The minimum Gasteiger partial charge on any atom is -0.311 e. The van der Waals surface area contributed by atoms with Crippen LogP contribution < -0.4 is 5.32 Å². The SMILES string of the molecule is CC1(C)CNC(C2CCCCC2)CN1Cc1ncccn1. The largest absolute Gasteiger partial charge is 0.311 e. The Kier molecular flexibility index (Phi) is 4.55. The first-order valence-corrected chi connectivity index (χ1v) is 8.39. The van der Waals surface area contributed by atoms with Gasteiger partial charge in [-0.05, 0) is 38.7 Å². The highest BCUT2D eigenvalue weighted by Crippen LogP contribution is 2.30. The van der Waals surface area contributed by atoms with Gasteiger partial charge in [-0.15, -0.1) is 0 Å². The summed E-state index contributed by atoms with van der Waals surface area (Å²) in [5, 5.41) is 3.81. The van der Waals surface area contributed by atoms with E-state index in [-0.39, 0.29) is 5.54 Å². The van der Waals surface area contributed by atoms with Gasteiger partial charge in [-0.2, -0.15) is 0 Å². The van der Waals surface area contributed by atoms with Gasteiger partial charge in [0.2, 0.25) is 0 Å². The van der Waals surface area contributed by atoms with Crippen LogP contribution in [-0.2, 0) is 6.54 Å². The summed E-state index contributed by atoms with van der Waals surface area (Å²) < 4.78 is 0. The highest BCUT2D eigenvalue weighted by Gasteiger charge is 2.37.